The van der Waals surface area contributed by atoms with Crippen LogP contribution in [0.1, 0.15) is 40.0 Å². The van der Waals surface area contributed by atoms with Crippen LogP contribution in [0.2, 0.25) is 0 Å². The maximum atomic E-state index is 13.3. The highest BCUT2D eigenvalue weighted by Gasteiger charge is 2.40. The first-order valence-corrected chi connectivity index (χ1v) is 6.18. The second-order valence-corrected chi connectivity index (χ2v) is 4.38. The van der Waals surface area contributed by atoms with Crippen molar-refractivity contribution in [3.8, 4) is 0 Å². The van der Waals surface area contributed by atoms with E-state index in [1.165, 1.54) is 6.08 Å². The molecule has 1 aliphatic rings. The van der Waals surface area contributed by atoms with Crippen LogP contribution >= 0.6 is 0 Å². The Kier molecular flexibility index (Phi) is 4.97. The van der Waals surface area contributed by atoms with Gasteiger partial charge in [-0.05, 0) is 37.2 Å². The van der Waals surface area contributed by atoms with Gasteiger partial charge in [-0.2, -0.15) is 4.39 Å². The van der Waals surface area contributed by atoms with E-state index in [0.717, 1.165) is 19.3 Å². The highest BCUT2D eigenvalue weighted by atomic mass is 19.1. The van der Waals surface area contributed by atoms with Crippen LogP contribution in [0.4, 0.5) is 4.39 Å². The molecule has 3 heteroatoms. The van der Waals surface area contributed by atoms with Gasteiger partial charge in [-0.1, -0.05) is 26.7 Å². The molecule has 1 rings (SSSR count). The standard InChI is InChI=1S/C13H21FO2/c1-4-9(5-2)11-7-10(11)8-12(14)13(15)16-6-3/h8-11H,4-7H2,1-3H3/b12-8-. The minimum atomic E-state index is -0.822. The Hall–Kier alpha value is -0.860. The Morgan fingerprint density at radius 2 is 2.06 bits per heavy atom. The van der Waals surface area contributed by atoms with Gasteiger partial charge in [0.15, 0.2) is 0 Å². The molecule has 16 heavy (non-hydrogen) atoms. The molecule has 2 nitrogen and oxygen atoms in total. The number of carbonyl (C=O) groups is 1. The lowest BCUT2D eigenvalue weighted by molar-refractivity contribution is -0.140. The normalized spacial score (nSPS) is 24.7. The lowest BCUT2D eigenvalue weighted by Crippen LogP contribution is -2.05. The molecule has 0 bridgehead atoms. The van der Waals surface area contributed by atoms with Crippen molar-refractivity contribution >= 4 is 5.97 Å². The van der Waals surface area contributed by atoms with Crippen molar-refractivity contribution in [1.82, 2.24) is 0 Å². The molecule has 0 aromatic carbocycles. The van der Waals surface area contributed by atoms with Crippen molar-refractivity contribution in [2.75, 3.05) is 6.61 Å². The number of carbonyl (C=O) groups excluding carboxylic acids is 1. The molecule has 0 aliphatic heterocycles. The summed E-state index contributed by atoms with van der Waals surface area (Å²) in [6.45, 7) is 6.22. The molecule has 1 fully saturated rings. The molecule has 1 saturated carbocycles. The molecule has 0 saturated heterocycles. The van der Waals surface area contributed by atoms with Crippen molar-refractivity contribution in [3.63, 3.8) is 0 Å². The zero-order chi connectivity index (χ0) is 12.1. The summed E-state index contributed by atoms with van der Waals surface area (Å²) in [7, 11) is 0. The average molecular weight is 228 g/mol. The summed E-state index contributed by atoms with van der Waals surface area (Å²) in [5, 5.41) is 0. The largest absolute Gasteiger partial charge is 0.461 e. The molecule has 92 valence electrons. The lowest BCUT2D eigenvalue weighted by atomic mass is 9.96. The van der Waals surface area contributed by atoms with E-state index in [1.807, 2.05) is 0 Å². The molecule has 0 N–H and O–H groups in total. The summed E-state index contributed by atoms with van der Waals surface area (Å²) >= 11 is 0. The molecule has 1 aliphatic carbocycles. The highest BCUT2D eigenvalue weighted by Crippen LogP contribution is 2.48. The van der Waals surface area contributed by atoms with Crippen LogP contribution in [0.5, 0.6) is 0 Å². The van der Waals surface area contributed by atoms with Crippen LogP contribution in [-0.4, -0.2) is 12.6 Å². The molecule has 0 spiro atoms. The molecule has 0 aromatic heterocycles. The molecular formula is C13H21FO2. The fraction of sp³-hybridized carbons (Fsp3) is 0.769. The van der Waals surface area contributed by atoms with E-state index in [2.05, 4.69) is 18.6 Å². The van der Waals surface area contributed by atoms with Crippen LogP contribution in [0.25, 0.3) is 0 Å². The highest BCUT2D eigenvalue weighted by molar-refractivity contribution is 5.86. The van der Waals surface area contributed by atoms with Crippen LogP contribution in [-0.2, 0) is 9.53 Å². The minimum absolute atomic E-state index is 0.223. The van der Waals surface area contributed by atoms with Crippen LogP contribution in [0, 0.1) is 17.8 Å². The number of halogens is 1. The Morgan fingerprint density at radius 3 is 2.56 bits per heavy atom. The van der Waals surface area contributed by atoms with E-state index in [0.29, 0.717) is 11.8 Å². The number of rotatable bonds is 6. The van der Waals surface area contributed by atoms with E-state index >= 15 is 0 Å². The third-order valence-corrected chi connectivity index (χ3v) is 3.38. The van der Waals surface area contributed by atoms with Crippen molar-refractivity contribution in [2.45, 2.75) is 40.0 Å². The van der Waals surface area contributed by atoms with E-state index in [-0.39, 0.29) is 12.5 Å². The van der Waals surface area contributed by atoms with Crippen molar-refractivity contribution < 1.29 is 13.9 Å². The molecule has 0 heterocycles. The van der Waals surface area contributed by atoms with Crippen LogP contribution in [0.3, 0.4) is 0 Å². The first kappa shape index (κ1) is 13.2. The van der Waals surface area contributed by atoms with Gasteiger partial charge in [0.1, 0.15) is 0 Å². The fourth-order valence-corrected chi connectivity index (χ4v) is 2.32. The number of hydrogen-bond acceptors (Lipinski definition) is 2. The Balaban J connectivity index is 2.45. The summed E-state index contributed by atoms with van der Waals surface area (Å²) in [4.78, 5) is 11.1. The van der Waals surface area contributed by atoms with Crippen LogP contribution in [0.15, 0.2) is 11.9 Å². The van der Waals surface area contributed by atoms with Gasteiger partial charge in [0.25, 0.3) is 0 Å². The Labute approximate surface area is 96.9 Å². The Morgan fingerprint density at radius 1 is 1.44 bits per heavy atom. The monoisotopic (exact) mass is 228 g/mol. The SMILES string of the molecule is CCOC(=O)/C(F)=C/C1CC1C(CC)CC. The zero-order valence-corrected chi connectivity index (χ0v) is 10.3. The molecule has 0 aromatic rings. The first-order valence-electron chi connectivity index (χ1n) is 6.18. The van der Waals surface area contributed by atoms with Gasteiger partial charge in [-0.25, -0.2) is 4.79 Å². The maximum Gasteiger partial charge on any atom is 0.366 e. The topological polar surface area (TPSA) is 26.3 Å². The molecule has 0 radical (unpaired) electrons. The number of hydrogen-bond donors (Lipinski definition) is 0. The van der Waals surface area contributed by atoms with Crippen LogP contribution < -0.4 is 0 Å². The summed E-state index contributed by atoms with van der Waals surface area (Å²) in [6.07, 6.45) is 4.72. The third kappa shape index (κ3) is 3.32. The van der Waals surface area contributed by atoms with Crippen molar-refractivity contribution in [1.29, 1.82) is 0 Å². The van der Waals surface area contributed by atoms with E-state index in [4.69, 9.17) is 0 Å². The van der Waals surface area contributed by atoms with E-state index in [9.17, 15) is 9.18 Å². The van der Waals surface area contributed by atoms with Crippen molar-refractivity contribution in [2.24, 2.45) is 17.8 Å². The maximum absolute atomic E-state index is 13.3. The minimum Gasteiger partial charge on any atom is -0.461 e. The third-order valence-electron chi connectivity index (χ3n) is 3.38. The average Bonchev–Trinajstić information content (AvgIpc) is 2.99. The summed E-state index contributed by atoms with van der Waals surface area (Å²) < 4.78 is 17.9. The number of ether oxygens (including phenoxy) is 1. The second-order valence-electron chi connectivity index (χ2n) is 4.38. The molecule has 2 atom stereocenters. The predicted molar refractivity (Wildman–Crippen MR) is 61.5 cm³/mol. The number of esters is 1. The summed E-state index contributed by atoms with van der Waals surface area (Å²) in [6, 6.07) is 0. The second kappa shape index (κ2) is 6.02. The molecular weight excluding hydrogens is 207 g/mol. The summed E-state index contributed by atoms with van der Waals surface area (Å²) in [5.41, 5.74) is 0. The van der Waals surface area contributed by atoms with Gasteiger partial charge in [-0.3, -0.25) is 0 Å². The molecule has 0 amide bonds. The quantitative estimate of drug-likeness (QED) is 0.514. The van der Waals surface area contributed by atoms with Gasteiger partial charge in [-0.15, -0.1) is 0 Å². The van der Waals surface area contributed by atoms with E-state index < -0.39 is 11.8 Å². The predicted octanol–water partition coefficient (Wildman–Crippen LogP) is 3.48. The van der Waals surface area contributed by atoms with Crippen molar-refractivity contribution in [3.05, 3.63) is 11.9 Å². The van der Waals surface area contributed by atoms with Gasteiger partial charge in [0.05, 0.1) is 6.61 Å². The molecule has 2 unspecified atom stereocenters. The van der Waals surface area contributed by atoms with E-state index in [1.54, 1.807) is 6.92 Å². The van der Waals surface area contributed by atoms with Gasteiger partial charge < -0.3 is 4.74 Å². The fourth-order valence-electron chi connectivity index (χ4n) is 2.32. The van der Waals surface area contributed by atoms with Gasteiger partial charge >= 0.3 is 5.97 Å². The summed E-state index contributed by atoms with van der Waals surface area (Å²) in [5.74, 6) is -0.0706. The zero-order valence-electron chi connectivity index (χ0n) is 10.3. The number of allylic oxidation sites excluding steroid dienone is 1. The van der Waals surface area contributed by atoms with Gasteiger partial charge in [0.2, 0.25) is 5.83 Å². The smallest absolute Gasteiger partial charge is 0.366 e. The lowest BCUT2D eigenvalue weighted by Gasteiger charge is -2.10. The Bertz CT molecular complexity index is 269. The first-order chi connectivity index (χ1) is 7.63. The van der Waals surface area contributed by atoms with Gasteiger partial charge in [0, 0.05) is 0 Å².